The standard InChI is InChI=1S/C59H51N5O.C58H51N5OSi/c1-34-26-27-44-52(28-34)65-55-46(59(8,9)58(44,6)7)31-51(64-50-25-17-16-24-49(50)63-48-23-15-14-22-47(48)62-56(63)64)35(2)53(55)42-29-40-38-20-12-13-21-39(38)54-43(32-60-33-61-54)37-19-11-10-18-36(37)41(40)30-45(42)57(3,4)5;1-34-26-27-44-51(28-34)64-55-52(65(8,9)58(44,6)7)31-50(63-49-25-17-16-24-48(49)62-47-23-15-14-22-46(47)61-56(62)63)35(2)53(55)42-29-40-38-20-12-13-21-39(38)54-43(32-59-33-60-54)37-19-11-10-18-36(37)41(40)30-45(42)57(3,4)5/h2*10-33H,1-9H3/i2*1D3,2D3. The van der Waals surface area contributed by atoms with E-state index < -0.39 is 62.2 Å². The number of benzene rings is 14. The van der Waals surface area contributed by atoms with Crippen LogP contribution in [0.3, 0.4) is 0 Å². The zero-order valence-electron chi connectivity index (χ0n) is 87.0. The highest BCUT2D eigenvalue weighted by molar-refractivity contribution is 6.93. The van der Waals surface area contributed by atoms with Crippen LogP contribution in [-0.4, -0.2) is 55.9 Å². The van der Waals surface area contributed by atoms with Crippen molar-refractivity contribution in [3.63, 3.8) is 0 Å². The van der Waals surface area contributed by atoms with Gasteiger partial charge in [-0.25, -0.2) is 29.9 Å². The minimum absolute atomic E-state index is 0.0821. The molecular weight excluding hydrogens is 1610 g/mol. The van der Waals surface area contributed by atoms with Crippen LogP contribution in [0.25, 0.3) is 179 Å². The second kappa shape index (κ2) is 28.5. The van der Waals surface area contributed by atoms with Gasteiger partial charge in [-0.3, -0.25) is 17.9 Å². The Morgan fingerprint density at radius 1 is 0.338 bits per heavy atom. The molecule has 6 aromatic heterocycles. The topological polar surface area (TPSA) is 114 Å². The Labute approximate surface area is 776 Å². The maximum Gasteiger partial charge on any atom is 0.220 e. The van der Waals surface area contributed by atoms with E-state index in [1.54, 1.807) is 36.9 Å². The number of nitrogens with zero attached hydrogens (tertiary/aromatic N) is 10. The molecule has 0 unspecified atom stereocenters. The maximum absolute atomic E-state index is 9.87. The molecule has 4 aliphatic rings. The van der Waals surface area contributed by atoms with Gasteiger partial charge in [0.2, 0.25) is 11.6 Å². The minimum Gasteiger partial charge on any atom is -0.457 e. The highest BCUT2D eigenvalue weighted by Gasteiger charge is 2.51. The molecule has 0 saturated heterocycles. The summed E-state index contributed by atoms with van der Waals surface area (Å²) in [4.78, 5) is 29.4. The Bertz CT molecular complexity index is 8280. The van der Waals surface area contributed by atoms with Crippen molar-refractivity contribution in [2.24, 2.45) is 0 Å². The van der Waals surface area contributed by atoms with Crippen molar-refractivity contribution in [3.8, 4) is 146 Å². The number of aromatic nitrogens is 10. The van der Waals surface area contributed by atoms with E-state index in [4.69, 9.17) is 37.6 Å². The molecule has 0 fully saturated rings. The summed E-state index contributed by atoms with van der Waals surface area (Å²) in [5.74, 6) is 2.72. The summed E-state index contributed by atoms with van der Waals surface area (Å²) in [7, 11) is -2.92. The molecule has 24 rings (SSSR count). The zero-order valence-corrected chi connectivity index (χ0v) is 76.0. The molecule has 2 aliphatic carbocycles. The monoisotopic (exact) mass is 1720 g/mol. The van der Waals surface area contributed by atoms with E-state index in [0.29, 0.717) is 68.2 Å². The lowest BCUT2D eigenvalue weighted by Crippen LogP contribution is -2.56. The summed E-state index contributed by atoms with van der Waals surface area (Å²) in [6.45, 7) is 20.4. The smallest absolute Gasteiger partial charge is 0.220 e. The molecule has 20 aromatic rings. The maximum atomic E-state index is 9.87. The van der Waals surface area contributed by atoms with Crippen molar-refractivity contribution in [1.29, 1.82) is 0 Å². The summed E-state index contributed by atoms with van der Waals surface area (Å²) in [6.07, 6.45) is 6.93. The number of fused-ring (bicyclic) bond motifs is 30. The van der Waals surface area contributed by atoms with E-state index >= 15 is 0 Å². The lowest BCUT2D eigenvalue weighted by molar-refractivity contribution is 0.306. The second-order valence-corrected chi connectivity index (χ2v) is 44.5. The fraction of sp³-hybridized carbons (Fsp3) is 0.197. The normalized spacial score (nSPS) is 16.4. The number of aryl methyl sites for hydroxylation is 2. The molecule has 12 nitrogen and oxygen atoms in total. The molecule has 2 aliphatic heterocycles. The lowest BCUT2D eigenvalue weighted by atomic mass is 9.60. The Kier molecular flexibility index (Phi) is 14.9. The van der Waals surface area contributed by atoms with Gasteiger partial charge in [0.1, 0.15) is 35.7 Å². The number of imidazole rings is 4. The van der Waals surface area contributed by atoms with Crippen molar-refractivity contribution in [2.75, 3.05) is 0 Å². The highest BCUT2D eigenvalue weighted by atomic mass is 28.3. The van der Waals surface area contributed by atoms with Crippen LogP contribution in [0.1, 0.15) is 150 Å². The molecule has 0 N–H and O–H groups in total. The molecule has 636 valence electrons. The highest BCUT2D eigenvalue weighted by Crippen LogP contribution is 2.61. The number of ether oxygens (including phenoxy) is 2. The van der Waals surface area contributed by atoms with Crippen LogP contribution in [0.2, 0.25) is 13.1 Å². The molecule has 0 amide bonds. The van der Waals surface area contributed by atoms with Gasteiger partial charge >= 0.3 is 0 Å². The number of rotatable bonds is 4. The first-order chi connectivity index (χ1) is 67.3. The van der Waals surface area contributed by atoms with E-state index in [0.717, 1.165) is 166 Å². The van der Waals surface area contributed by atoms with Crippen molar-refractivity contribution >= 4 is 68.9 Å². The Hall–Kier alpha value is -14.4. The summed E-state index contributed by atoms with van der Waals surface area (Å²) in [5, 5.41) is 0.353. The first-order valence-corrected chi connectivity index (χ1v) is 47.5. The van der Waals surface area contributed by atoms with Crippen LogP contribution < -0.4 is 14.7 Å². The van der Waals surface area contributed by atoms with Gasteiger partial charge in [0, 0.05) is 84.2 Å². The fourth-order valence-corrected chi connectivity index (χ4v) is 24.1. The molecule has 130 heavy (non-hydrogen) atoms. The summed E-state index contributed by atoms with van der Waals surface area (Å²) in [5.41, 5.74) is 26.8. The molecule has 0 radical (unpaired) electrons. The molecule has 13 heteroatoms. The molecular formula is C117H102N10O2Si. The van der Waals surface area contributed by atoms with Crippen molar-refractivity contribution in [1.82, 2.24) is 47.8 Å². The molecule has 0 saturated carbocycles. The zero-order chi connectivity index (χ0) is 99.5. The van der Waals surface area contributed by atoms with E-state index in [1.165, 1.54) is 0 Å². The van der Waals surface area contributed by atoms with Crippen LogP contribution in [0.15, 0.2) is 292 Å². The Morgan fingerprint density at radius 3 is 1.16 bits per heavy atom. The molecule has 0 spiro atoms. The van der Waals surface area contributed by atoms with E-state index in [9.17, 15) is 8.22 Å². The fourth-order valence-electron chi connectivity index (χ4n) is 21.3. The van der Waals surface area contributed by atoms with Crippen molar-refractivity contribution in [2.45, 2.75) is 150 Å². The third kappa shape index (κ3) is 11.7. The second-order valence-electron chi connectivity index (χ2n) is 39.4. The lowest BCUT2D eigenvalue weighted by Gasteiger charge is -2.42. The average molecular weight is 1720 g/mol. The molecule has 0 atom stereocenters. The SMILES string of the molecule is [2H]C([2H])([2H])c1ccc2c(c1)Oc1c(cc(-n3c4ccccc4n4c5ccccc5nc34)c(C([2H])([2H])[2H])c1-c1cc3c(cc1C(C)(C)C)-c1ccccc1-c1cncnc1-c1ccccc1-3)C(C)(C)C2(C)C.[2H]C([2H])([2H])c1ccc2c(c1)Oc1c(cc(-n3c4ccccc4n4c5ccccc5nc34)c(C([2H])([2H])[2H])c1-c1cc3c(cc1C(C)(C)C)-c1ccccc1-c1cncnc1-c1ccccc1-3)[Si](C)(C)C2(C)C. The first kappa shape index (κ1) is 67.8. The van der Waals surface area contributed by atoms with Gasteiger partial charge in [-0.15, -0.1) is 0 Å². The Morgan fingerprint density at radius 2 is 0.708 bits per heavy atom. The van der Waals surface area contributed by atoms with Gasteiger partial charge < -0.3 is 9.47 Å². The molecule has 0 bridgehead atoms. The summed E-state index contributed by atoms with van der Waals surface area (Å²) in [6, 6.07) is 88.6. The van der Waals surface area contributed by atoms with Gasteiger partial charge in [-0.05, 0) is 251 Å². The number of hydrogen-bond acceptors (Lipinski definition) is 8. The van der Waals surface area contributed by atoms with Crippen molar-refractivity contribution < 1.29 is 25.9 Å². The Balaban J connectivity index is 0.000000158. The third-order valence-electron chi connectivity index (χ3n) is 29.3. The predicted molar refractivity (Wildman–Crippen MR) is 537 cm³/mol. The van der Waals surface area contributed by atoms with Gasteiger partial charge in [-0.1, -0.05) is 266 Å². The third-order valence-corrected chi connectivity index (χ3v) is 34.4. The minimum atomic E-state index is -2.92. The largest absolute Gasteiger partial charge is 0.457 e. The van der Waals surface area contributed by atoms with Gasteiger partial charge in [-0.2, -0.15) is 0 Å². The van der Waals surface area contributed by atoms with Gasteiger partial charge in [0.05, 0.1) is 75.0 Å². The quantitative estimate of drug-likeness (QED) is 0.160. The van der Waals surface area contributed by atoms with Crippen LogP contribution in [-0.2, 0) is 26.7 Å². The van der Waals surface area contributed by atoms with Crippen LogP contribution >= 0.6 is 0 Å². The molecule has 14 aromatic carbocycles. The van der Waals surface area contributed by atoms with E-state index in [1.807, 2.05) is 173 Å². The van der Waals surface area contributed by atoms with Crippen molar-refractivity contribution in [3.05, 3.63) is 342 Å². The van der Waals surface area contributed by atoms with Crippen LogP contribution in [0.4, 0.5) is 0 Å². The molecule has 8 heterocycles. The average Bonchev–Trinajstić information content (AvgIpc) is 1.51. The van der Waals surface area contributed by atoms with Crippen LogP contribution in [0, 0.1) is 27.4 Å². The summed E-state index contributed by atoms with van der Waals surface area (Å²) >= 11 is 0. The number of para-hydroxylation sites is 8. The van der Waals surface area contributed by atoms with Gasteiger partial charge in [0.25, 0.3) is 0 Å². The van der Waals surface area contributed by atoms with E-state index in [2.05, 4.69) is 206 Å². The first-order valence-electron chi connectivity index (χ1n) is 50.5. The number of hydrogen-bond donors (Lipinski definition) is 0. The van der Waals surface area contributed by atoms with Crippen LogP contribution in [0.5, 0.6) is 23.0 Å². The summed E-state index contributed by atoms with van der Waals surface area (Å²) < 4.78 is 133. The van der Waals surface area contributed by atoms with E-state index in [-0.39, 0.29) is 22.3 Å². The van der Waals surface area contributed by atoms with Gasteiger partial charge in [0.15, 0.2) is 0 Å². The predicted octanol–water partition coefficient (Wildman–Crippen LogP) is 29.5.